The van der Waals surface area contributed by atoms with Crippen molar-refractivity contribution in [3.63, 3.8) is 0 Å². The van der Waals surface area contributed by atoms with Crippen molar-refractivity contribution in [3.05, 3.63) is 36.5 Å². The topological polar surface area (TPSA) is 3.24 Å². The van der Waals surface area contributed by atoms with E-state index < -0.39 is 16.1 Å². The molecule has 0 N–H and O–H groups in total. The van der Waals surface area contributed by atoms with E-state index in [9.17, 15) is 0 Å². The van der Waals surface area contributed by atoms with E-state index in [0.29, 0.717) is 9.03 Å². The second-order valence-corrected chi connectivity index (χ2v) is 26.4. The molecule has 4 saturated carbocycles. The van der Waals surface area contributed by atoms with Gasteiger partial charge in [-0.1, -0.05) is 0 Å². The standard InChI is InChI=1S/C23H33GeNSi2/c1-26(2)20-7-5-6-8-21(20)27(3,4)23(26)9-10-25(24-23)22-14-17-11-18(15-22)13-19(12-17)16-22/h5-10,17-19H,11-16H2,1-4H3. The minimum absolute atomic E-state index is 0.139. The third-order valence-electron chi connectivity index (χ3n) is 9.53. The Kier molecular flexibility index (Phi) is 3.42. The molecule has 1 aromatic rings. The van der Waals surface area contributed by atoms with Gasteiger partial charge in [0.15, 0.2) is 0 Å². The number of hydrogen-bond acceptors (Lipinski definition) is 1. The number of rotatable bonds is 1. The average molecular weight is 452 g/mol. The van der Waals surface area contributed by atoms with Gasteiger partial charge in [-0.15, -0.1) is 0 Å². The maximum absolute atomic E-state index is 3.06. The predicted octanol–water partition coefficient (Wildman–Crippen LogP) is 4.19. The minimum atomic E-state index is -1.48. The second kappa shape index (κ2) is 5.26. The first-order chi connectivity index (χ1) is 12.8. The van der Waals surface area contributed by atoms with E-state index in [1.54, 1.807) is 19.3 Å². The summed E-state index contributed by atoms with van der Waals surface area (Å²) in [6.45, 7) is 10.9. The molecular formula is C23H33GeNSi2. The van der Waals surface area contributed by atoms with Crippen LogP contribution in [0.15, 0.2) is 36.5 Å². The Morgan fingerprint density at radius 3 is 1.81 bits per heavy atom. The fourth-order valence-corrected chi connectivity index (χ4v) is 31.4. The van der Waals surface area contributed by atoms with Gasteiger partial charge in [0.1, 0.15) is 0 Å². The first-order valence-corrected chi connectivity index (χ1v) is 19.1. The van der Waals surface area contributed by atoms with E-state index in [-0.39, 0.29) is 15.7 Å². The molecule has 27 heavy (non-hydrogen) atoms. The van der Waals surface area contributed by atoms with E-state index in [1.165, 1.54) is 19.3 Å². The van der Waals surface area contributed by atoms with Gasteiger partial charge in [-0.25, -0.2) is 0 Å². The molecule has 6 aliphatic rings. The van der Waals surface area contributed by atoms with Crippen LogP contribution in [0.4, 0.5) is 0 Å². The van der Waals surface area contributed by atoms with Crippen molar-refractivity contribution < 1.29 is 0 Å². The Hall–Kier alpha value is -0.263. The summed E-state index contributed by atoms with van der Waals surface area (Å²) in [5.74, 6) is 3.18. The monoisotopic (exact) mass is 453 g/mol. The Labute approximate surface area is 173 Å². The molecule has 1 spiro atoms. The Morgan fingerprint density at radius 1 is 0.852 bits per heavy atom. The SMILES string of the molecule is C[Si]1(C)c2ccccc2[Si](C)(C)[C]12C=C[N](C13CC4CC(CC(C4)C1)C3)[Ge]2. The van der Waals surface area contributed by atoms with Crippen LogP contribution in [0.5, 0.6) is 0 Å². The predicted molar refractivity (Wildman–Crippen MR) is 121 cm³/mol. The zero-order valence-corrected chi connectivity index (χ0v) is 21.5. The van der Waals surface area contributed by atoms with E-state index in [1.807, 2.05) is 10.4 Å². The molecule has 142 valence electrons. The van der Waals surface area contributed by atoms with Crippen LogP contribution in [0, 0.1) is 17.8 Å². The molecular weight excluding hydrogens is 419 g/mol. The molecule has 0 amide bonds. The van der Waals surface area contributed by atoms with Crippen molar-refractivity contribution in [2.75, 3.05) is 0 Å². The molecule has 1 aromatic carbocycles. The maximum atomic E-state index is 3.06. The number of allylic oxidation sites excluding steroid dienone is 1. The van der Waals surface area contributed by atoms with Crippen LogP contribution in [0.3, 0.4) is 0 Å². The summed E-state index contributed by atoms with van der Waals surface area (Å²) >= 11 is -0.139. The summed E-state index contributed by atoms with van der Waals surface area (Å²) in [6.07, 6.45) is 14.8. The average Bonchev–Trinajstić information content (AvgIpc) is 3.13. The van der Waals surface area contributed by atoms with Crippen LogP contribution in [0.1, 0.15) is 38.5 Å². The zero-order valence-electron chi connectivity index (χ0n) is 17.4. The summed E-state index contributed by atoms with van der Waals surface area (Å²) in [6, 6.07) is 9.65. The molecule has 0 aromatic heterocycles. The molecule has 0 unspecified atom stereocenters. The van der Waals surface area contributed by atoms with Crippen molar-refractivity contribution in [2.24, 2.45) is 17.8 Å². The first-order valence-electron chi connectivity index (χ1n) is 11.1. The van der Waals surface area contributed by atoms with Crippen molar-refractivity contribution in [2.45, 2.75) is 73.7 Å². The van der Waals surface area contributed by atoms with Gasteiger partial charge >= 0.3 is 174 Å². The van der Waals surface area contributed by atoms with Crippen LogP contribution in [-0.2, 0) is 0 Å². The molecule has 7 rings (SSSR count). The van der Waals surface area contributed by atoms with E-state index in [0.717, 1.165) is 17.8 Å². The molecule has 4 heteroatoms. The van der Waals surface area contributed by atoms with Gasteiger partial charge in [-0.05, 0) is 0 Å². The first kappa shape index (κ1) is 17.6. The van der Waals surface area contributed by atoms with Gasteiger partial charge in [-0.2, -0.15) is 0 Å². The molecule has 4 bridgehead atoms. The number of benzene rings is 1. The van der Waals surface area contributed by atoms with Crippen molar-refractivity contribution in [1.82, 2.24) is 3.86 Å². The molecule has 1 nitrogen and oxygen atoms in total. The third-order valence-corrected chi connectivity index (χ3v) is 33.3. The normalized spacial score (nSPS) is 41.5. The molecule has 2 radical (unpaired) electrons. The Morgan fingerprint density at radius 2 is 1.33 bits per heavy atom. The summed E-state index contributed by atoms with van der Waals surface area (Å²) in [4.78, 5) is 0. The third kappa shape index (κ3) is 2.02. The fourth-order valence-electron chi connectivity index (χ4n) is 8.56. The van der Waals surface area contributed by atoms with Gasteiger partial charge in [0.05, 0.1) is 0 Å². The number of nitrogens with zero attached hydrogens (tertiary/aromatic N) is 1. The Bertz CT molecular complexity index is 772. The van der Waals surface area contributed by atoms with Gasteiger partial charge in [0, 0.05) is 0 Å². The summed E-state index contributed by atoms with van der Waals surface area (Å²) in [7, 11) is -2.96. The van der Waals surface area contributed by atoms with Crippen LogP contribution < -0.4 is 10.4 Å². The molecule has 2 heterocycles. The van der Waals surface area contributed by atoms with Crippen LogP contribution in [0.2, 0.25) is 29.7 Å². The molecule has 4 aliphatic carbocycles. The van der Waals surface area contributed by atoms with Crippen molar-refractivity contribution >= 4 is 42.2 Å². The van der Waals surface area contributed by atoms with Gasteiger partial charge in [-0.3, -0.25) is 0 Å². The summed E-state index contributed by atoms with van der Waals surface area (Å²) in [5, 5.41) is 3.62. The van der Waals surface area contributed by atoms with Crippen molar-refractivity contribution in [1.29, 1.82) is 0 Å². The number of hydrogen-bond donors (Lipinski definition) is 0. The Balaban J connectivity index is 1.41. The van der Waals surface area contributed by atoms with Crippen LogP contribution in [-0.4, -0.2) is 41.2 Å². The van der Waals surface area contributed by atoms with Crippen molar-refractivity contribution in [3.8, 4) is 0 Å². The molecule has 4 fully saturated rings. The van der Waals surface area contributed by atoms with Gasteiger partial charge in [0.2, 0.25) is 0 Å². The van der Waals surface area contributed by atoms with E-state index in [2.05, 4.69) is 66.6 Å². The summed E-state index contributed by atoms with van der Waals surface area (Å²) < 4.78 is 3.67. The zero-order chi connectivity index (χ0) is 18.7. The van der Waals surface area contributed by atoms with Crippen LogP contribution >= 0.6 is 0 Å². The fraction of sp³-hybridized carbons (Fsp3) is 0.652. The van der Waals surface area contributed by atoms with E-state index in [4.69, 9.17) is 0 Å². The molecule has 0 atom stereocenters. The van der Waals surface area contributed by atoms with Gasteiger partial charge < -0.3 is 0 Å². The molecule has 0 saturated heterocycles. The van der Waals surface area contributed by atoms with Gasteiger partial charge in [0.25, 0.3) is 0 Å². The quantitative estimate of drug-likeness (QED) is 0.578. The second-order valence-electron chi connectivity index (χ2n) is 11.5. The molecule has 2 aliphatic heterocycles. The van der Waals surface area contributed by atoms with E-state index >= 15 is 0 Å². The number of fused-ring (bicyclic) bond motifs is 1. The van der Waals surface area contributed by atoms with Crippen LogP contribution in [0.25, 0.3) is 0 Å². The summed E-state index contributed by atoms with van der Waals surface area (Å²) in [5.41, 5.74) is 0.582.